The van der Waals surface area contributed by atoms with E-state index in [-0.39, 0.29) is 34.5 Å². The highest BCUT2D eigenvalue weighted by atomic mass is 35.5. The van der Waals surface area contributed by atoms with Crippen LogP contribution in [0.25, 0.3) is 16.9 Å². The molecule has 1 amide bonds. The molecule has 0 saturated heterocycles. The first-order chi connectivity index (χ1) is 18.7. The molecule has 2 atom stereocenters. The van der Waals surface area contributed by atoms with Crippen molar-refractivity contribution >= 4 is 39.2 Å². The zero-order chi connectivity index (χ0) is 29.2. The molecule has 1 heterocycles. The maximum Gasteiger partial charge on any atom is 0.390 e. The zero-order valence-corrected chi connectivity index (χ0v) is 23.7. The van der Waals surface area contributed by atoms with Gasteiger partial charge in [0.25, 0.3) is 5.91 Å². The van der Waals surface area contributed by atoms with E-state index in [4.69, 9.17) is 33.1 Å². The minimum absolute atomic E-state index is 0.0131. The van der Waals surface area contributed by atoms with Crippen LogP contribution in [-0.4, -0.2) is 48.1 Å². The Morgan fingerprint density at radius 2 is 1.88 bits per heavy atom. The maximum absolute atomic E-state index is 13.3. The van der Waals surface area contributed by atoms with Crippen LogP contribution in [0, 0.1) is 6.92 Å². The minimum Gasteiger partial charge on any atom is -0.382 e. The predicted octanol–water partition coefficient (Wildman–Crippen LogP) is 5.82. The van der Waals surface area contributed by atoms with E-state index in [1.165, 1.54) is 35.0 Å². The summed E-state index contributed by atoms with van der Waals surface area (Å²) in [6.45, 7) is 1.72. The first kappa shape index (κ1) is 30.2. The van der Waals surface area contributed by atoms with Crippen molar-refractivity contribution in [1.82, 2.24) is 15.1 Å². The molecule has 8 nitrogen and oxygen atoms in total. The lowest BCUT2D eigenvalue weighted by molar-refractivity contribution is -0.130. The van der Waals surface area contributed by atoms with Crippen molar-refractivity contribution in [1.29, 1.82) is 0 Å². The highest BCUT2D eigenvalue weighted by Crippen LogP contribution is 2.34. The lowest BCUT2D eigenvalue weighted by Gasteiger charge is -2.27. The van der Waals surface area contributed by atoms with Gasteiger partial charge in [0.1, 0.15) is 5.75 Å². The first-order valence-electron chi connectivity index (χ1n) is 12.4. The van der Waals surface area contributed by atoms with Gasteiger partial charge in [0, 0.05) is 28.2 Å². The number of carbonyl (C=O) groups is 1. The van der Waals surface area contributed by atoms with Crippen LogP contribution in [0.2, 0.25) is 10.0 Å². The Bertz CT molecular complexity index is 1490. The van der Waals surface area contributed by atoms with Crippen molar-refractivity contribution in [2.45, 2.75) is 57.3 Å². The largest absolute Gasteiger partial charge is 0.390 e. The first-order valence-corrected chi connectivity index (χ1v) is 14.8. The SMILES string of the molecule is Cc1c(C(=O)N[C@@H]2CCC[C@@H](N)C2)nn(-c2ccc(Cl)cc2Cl)c1-c1ccc(OS(=O)(=O)CCC(F)(F)F)cc1. The van der Waals surface area contributed by atoms with Gasteiger partial charge in [0.05, 0.1) is 28.6 Å². The van der Waals surface area contributed by atoms with Gasteiger partial charge in [-0.15, -0.1) is 0 Å². The molecule has 3 aromatic rings. The number of nitrogens with two attached hydrogens (primary N) is 1. The Kier molecular flexibility index (Phi) is 9.03. The van der Waals surface area contributed by atoms with Crippen LogP contribution in [0.15, 0.2) is 42.5 Å². The monoisotopic (exact) mass is 618 g/mol. The fraction of sp³-hybridized carbons (Fsp3) is 0.385. The van der Waals surface area contributed by atoms with Crippen LogP contribution >= 0.6 is 23.2 Å². The summed E-state index contributed by atoms with van der Waals surface area (Å²) in [5, 5.41) is 8.27. The number of rotatable bonds is 8. The van der Waals surface area contributed by atoms with E-state index in [0.717, 1.165) is 19.3 Å². The second-order valence-corrected chi connectivity index (χ2v) is 12.2. The van der Waals surface area contributed by atoms with E-state index in [1.54, 1.807) is 19.1 Å². The summed E-state index contributed by atoms with van der Waals surface area (Å²) in [5.74, 6) is -1.74. The summed E-state index contributed by atoms with van der Waals surface area (Å²) in [6.07, 6.45) is -2.87. The number of halogens is 5. The number of nitrogens with one attached hydrogen (secondary N) is 1. The summed E-state index contributed by atoms with van der Waals surface area (Å²) in [7, 11) is -4.47. The Morgan fingerprint density at radius 3 is 2.50 bits per heavy atom. The van der Waals surface area contributed by atoms with Crippen LogP contribution in [0.3, 0.4) is 0 Å². The summed E-state index contributed by atoms with van der Waals surface area (Å²) in [5.41, 5.74) is 8.21. The molecule has 1 aliphatic rings. The lowest BCUT2D eigenvalue weighted by Crippen LogP contribution is -2.42. The standard InChI is InChI=1S/C26H27Cl2F3N4O4S/c1-15-23(25(36)33-19-4-2-3-18(32)14-19)34-35(22-10-7-17(27)13-21(22)28)24(15)16-5-8-20(9-6-16)39-40(37,38)12-11-26(29,30)31/h5-10,13,18-19H,2-4,11-12,14,32H2,1H3,(H,33,36)/t18-,19-/m1/s1. The topological polar surface area (TPSA) is 116 Å². The van der Waals surface area contributed by atoms with Crippen LogP contribution < -0.4 is 15.2 Å². The summed E-state index contributed by atoms with van der Waals surface area (Å²) in [6, 6.07) is 10.4. The number of hydrogen-bond donors (Lipinski definition) is 2. The Labute approximate surface area is 239 Å². The average molecular weight is 619 g/mol. The molecule has 14 heteroatoms. The van der Waals surface area contributed by atoms with Gasteiger partial charge in [0.2, 0.25) is 0 Å². The van der Waals surface area contributed by atoms with Gasteiger partial charge in [-0.1, -0.05) is 23.2 Å². The molecule has 1 aliphatic carbocycles. The minimum atomic E-state index is -4.63. The van der Waals surface area contributed by atoms with Gasteiger partial charge in [-0.3, -0.25) is 4.79 Å². The number of carbonyl (C=O) groups excluding carboxylic acids is 1. The quantitative estimate of drug-likeness (QED) is 0.308. The van der Waals surface area contributed by atoms with Crippen molar-refractivity contribution in [3.8, 4) is 22.7 Å². The van der Waals surface area contributed by atoms with Gasteiger partial charge in [-0.2, -0.15) is 26.7 Å². The number of alkyl halides is 3. The molecule has 2 aromatic carbocycles. The van der Waals surface area contributed by atoms with E-state index >= 15 is 0 Å². The predicted molar refractivity (Wildman–Crippen MR) is 147 cm³/mol. The van der Waals surface area contributed by atoms with Crippen LogP contribution in [0.4, 0.5) is 13.2 Å². The molecular formula is C26H27Cl2F3N4O4S. The summed E-state index contributed by atoms with van der Waals surface area (Å²) < 4.78 is 67.7. The Hall–Kier alpha value is -2.80. The fourth-order valence-corrected chi connectivity index (χ4v) is 6.05. The highest BCUT2D eigenvalue weighted by Gasteiger charge is 2.31. The summed E-state index contributed by atoms with van der Waals surface area (Å²) >= 11 is 12.5. The number of aromatic nitrogens is 2. The van der Waals surface area contributed by atoms with E-state index in [9.17, 15) is 26.4 Å². The normalized spacial score (nSPS) is 18.0. The molecule has 1 fully saturated rings. The smallest absolute Gasteiger partial charge is 0.382 e. The summed E-state index contributed by atoms with van der Waals surface area (Å²) in [4.78, 5) is 13.3. The zero-order valence-electron chi connectivity index (χ0n) is 21.3. The second-order valence-electron chi connectivity index (χ2n) is 9.66. The van der Waals surface area contributed by atoms with Gasteiger partial charge in [0.15, 0.2) is 5.69 Å². The van der Waals surface area contributed by atoms with Gasteiger partial charge < -0.3 is 15.2 Å². The van der Waals surface area contributed by atoms with Crippen molar-refractivity contribution in [2.24, 2.45) is 5.73 Å². The molecule has 0 unspecified atom stereocenters. The number of benzene rings is 2. The second kappa shape index (κ2) is 12.0. The van der Waals surface area contributed by atoms with Crippen LogP contribution in [0.1, 0.15) is 48.2 Å². The number of nitrogens with zero attached hydrogens (tertiary/aromatic N) is 2. The molecule has 1 aromatic heterocycles. The Morgan fingerprint density at radius 1 is 1.18 bits per heavy atom. The lowest BCUT2D eigenvalue weighted by atomic mass is 9.91. The Balaban J connectivity index is 1.68. The molecule has 0 bridgehead atoms. The van der Waals surface area contributed by atoms with E-state index in [2.05, 4.69) is 10.4 Å². The highest BCUT2D eigenvalue weighted by molar-refractivity contribution is 7.87. The average Bonchev–Trinajstić information content (AvgIpc) is 3.19. The molecule has 3 N–H and O–H groups in total. The third-order valence-corrected chi connectivity index (χ3v) is 8.20. The van der Waals surface area contributed by atoms with E-state index in [1.807, 2.05) is 0 Å². The number of hydrogen-bond acceptors (Lipinski definition) is 6. The molecule has 216 valence electrons. The van der Waals surface area contributed by atoms with Crippen LogP contribution in [-0.2, 0) is 10.1 Å². The third-order valence-electron chi connectivity index (χ3n) is 6.51. The van der Waals surface area contributed by atoms with Gasteiger partial charge in [-0.05, 0) is 75.1 Å². The van der Waals surface area contributed by atoms with Gasteiger partial charge >= 0.3 is 16.3 Å². The molecule has 0 radical (unpaired) electrons. The molecule has 0 aliphatic heterocycles. The van der Waals surface area contributed by atoms with E-state index < -0.39 is 28.5 Å². The van der Waals surface area contributed by atoms with Crippen LogP contribution in [0.5, 0.6) is 5.75 Å². The van der Waals surface area contributed by atoms with Crippen molar-refractivity contribution < 1.29 is 30.6 Å². The molecule has 40 heavy (non-hydrogen) atoms. The van der Waals surface area contributed by atoms with Crippen molar-refractivity contribution in [3.05, 3.63) is 63.8 Å². The number of amides is 1. The van der Waals surface area contributed by atoms with Gasteiger partial charge in [-0.25, -0.2) is 4.68 Å². The molecule has 1 saturated carbocycles. The van der Waals surface area contributed by atoms with E-state index in [0.29, 0.717) is 34.0 Å². The fourth-order valence-electron chi connectivity index (χ4n) is 4.59. The molecule has 4 rings (SSSR count). The van der Waals surface area contributed by atoms with Crippen molar-refractivity contribution in [2.75, 3.05) is 5.75 Å². The molecular weight excluding hydrogens is 592 g/mol. The molecule has 0 spiro atoms. The van der Waals surface area contributed by atoms with Crippen molar-refractivity contribution in [3.63, 3.8) is 0 Å². The third kappa shape index (κ3) is 7.48. The maximum atomic E-state index is 13.3.